The number of rotatable bonds is 3. The van der Waals surface area contributed by atoms with E-state index in [9.17, 15) is 8.42 Å². The molecule has 80 valence electrons. The van der Waals surface area contributed by atoms with Crippen LogP contribution in [0.5, 0.6) is 0 Å². The number of alkyl halides is 3. The van der Waals surface area contributed by atoms with Crippen molar-refractivity contribution >= 4 is 44.9 Å². The molecule has 13 heavy (non-hydrogen) atoms. The van der Waals surface area contributed by atoms with Crippen molar-refractivity contribution in [1.29, 1.82) is 0 Å². The van der Waals surface area contributed by atoms with Gasteiger partial charge < -0.3 is 0 Å². The van der Waals surface area contributed by atoms with Gasteiger partial charge in [0.15, 0.2) is 0 Å². The molecule has 0 aromatic carbocycles. The summed E-state index contributed by atoms with van der Waals surface area (Å²) < 4.78 is 25.1. The lowest BCUT2D eigenvalue weighted by Crippen LogP contribution is -2.41. The minimum atomic E-state index is -3.61. The van der Waals surface area contributed by atoms with E-state index in [0.717, 1.165) is 0 Å². The van der Waals surface area contributed by atoms with E-state index < -0.39 is 19.5 Å². The van der Waals surface area contributed by atoms with Crippen molar-refractivity contribution in [3.05, 3.63) is 0 Å². The van der Waals surface area contributed by atoms with Crippen LogP contribution in [0.15, 0.2) is 0 Å². The topological polar surface area (TPSA) is 43.4 Å². The summed E-state index contributed by atoms with van der Waals surface area (Å²) in [6.07, 6.45) is 0. The molecule has 0 N–H and O–H groups in total. The molecule has 0 unspecified atom stereocenters. The van der Waals surface area contributed by atoms with Crippen LogP contribution in [0.1, 0.15) is 20.8 Å². The lowest BCUT2D eigenvalue weighted by molar-refractivity contribution is 0.123. The summed E-state index contributed by atoms with van der Waals surface area (Å²) >= 11 is 16.6. The molecule has 0 heterocycles. The SMILES string of the molecule is CCS(=O)(=O)OC(C)(C)C(Cl)(Cl)Cl. The van der Waals surface area contributed by atoms with Crippen LogP contribution in [-0.2, 0) is 14.3 Å². The molecule has 0 aliphatic carbocycles. The molecule has 0 saturated heterocycles. The molecule has 0 saturated carbocycles. The van der Waals surface area contributed by atoms with Gasteiger partial charge in [-0.1, -0.05) is 34.8 Å². The first-order valence-corrected chi connectivity index (χ1v) is 6.23. The first-order chi connectivity index (χ1) is 5.52. The van der Waals surface area contributed by atoms with Gasteiger partial charge in [-0.05, 0) is 20.8 Å². The summed E-state index contributed by atoms with van der Waals surface area (Å²) in [6, 6.07) is 0. The van der Waals surface area contributed by atoms with Gasteiger partial charge in [0.1, 0.15) is 5.60 Å². The van der Waals surface area contributed by atoms with Crippen LogP contribution in [0.3, 0.4) is 0 Å². The summed E-state index contributed by atoms with van der Waals surface area (Å²) in [7, 11) is -3.61. The Bertz CT molecular complexity index is 265. The second kappa shape index (κ2) is 4.11. The Labute approximate surface area is 93.4 Å². The normalized spacial score (nSPS) is 14.6. The third kappa shape index (κ3) is 4.21. The zero-order valence-electron chi connectivity index (χ0n) is 7.47. The first kappa shape index (κ1) is 13.8. The monoisotopic (exact) mass is 268 g/mol. The summed E-state index contributed by atoms with van der Waals surface area (Å²) in [5.41, 5.74) is -1.37. The maximum Gasteiger partial charge on any atom is 0.267 e. The summed E-state index contributed by atoms with van der Waals surface area (Å²) in [5, 5.41) is 0. The highest BCUT2D eigenvalue weighted by molar-refractivity contribution is 7.86. The van der Waals surface area contributed by atoms with Crippen LogP contribution in [0.2, 0.25) is 0 Å². The van der Waals surface area contributed by atoms with Crippen molar-refractivity contribution in [2.24, 2.45) is 0 Å². The molecule has 0 aliphatic rings. The maximum absolute atomic E-state index is 11.1. The number of hydrogen-bond acceptors (Lipinski definition) is 3. The van der Waals surface area contributed by atoms with Gasteiger partial charge in [0.05, 0.1) is 5.75 Å². The zero-order chi connectivity index (χ0) is 10.9. The fraction of sp³-hybridized carbons (Fsp3) is 1.00. The standard InChI is InChI=1S/C6H11Cl3O3S/c1-4-13(10,11)12-5(2,3)6(7,8)9/h4H2,1-3H3. The van der Waals surface area contributed by atoms with Gasteiger partial charge in [0, 0.05) is 0 Å². The second-order valence-corrected chi connectivity index (χ2v) is 7.08. The van der Waals surface area contributed by atoms with E-state index in [-0.39, 0.29) is 5.75 Å². The zero-order valence-corrected chi connectivity index (χ0v) is 10.6. The molecule has 0 aliphatic heterocycles. The molecular formula is C6H11Cl3O3S. The van der Waals surface area contributed by atoms with Gasteiger partial charge in [-0.2, -0.15) is 8.42 Å². The molecule has 0 bridgehead atoms. The lowest BCUT2D eigenvalue weighted by atomic mass is 10.2. The minimum Gasteiger partial charge on any atom is -0.259 e. The van der Waals surface area contributed by atoms with Crippen molar-refractivity contribution in [2.45, 2.75) is 30.2 Å². The molecule has 0 rings (SSSR count). The van der Waals surface area contributed by atoms with Crippen LogP contribution in [-0.4, -0.2) is 23.6 Å². The van der Waals surface area contributed by atoms with Crippen molar-refractivity contribution in [3.8, 4) is 0 Å². The largest absolute Gasteiger partial charge is 0.267 e. The minimum absolute atomic E-state index is 0.156. The molecule has 0 amide bonds. The van der Waals surface area contributed by atoms with Gasteiger partial charge in [-0.3, -0.25) is 4.18 Å². The summed E-state index contributed by atoms with van der Waals surface area (Å²) in [4.78, 5) is 0. The number of halogens is 3. The molecule has 0 aromatic rings. The third-order valence-corrected chi connectivity index (χ3v) is 4.11. The first-order valence-electron chi connectivity index (χ1n) is 3.52. The second-order valence-electron chi connectivity index (χ2n) is 2.94. The molecule has 3 nitrogen and oxygen atoms in total. The predicted octanol–water partition coefficient (Wildman–Crippen LogP) is 2.50. The van der Waals surface area contributed by atoms with Gasteiger partial charge in [-0.15, -0.1) is 0 Å². The third-order valence-electron chi connectivity index (χ3n) is 1.37. The van der Waals surface area contributed by atoms with Gasteiger partial charge in [0.2, 0.25) is 3.79 Å². The van der Waals surface area contributed by atoms with Crippen molar-refractivity contribution in [1.82, 2.24) is 0 Å². The van der Waals surface area contributed by atoms with Gasteiger partial charge >= 0.3 is 0 Å². The van der Waals surface area contributed by atoms with E-state index >= 15 is 0 Å². The van der Waals surface area contributed by atoms with Crippen molar-refractivity contribution in [3.63, 3.8) is 0 Å². The molecule has 0 spiro atoms. The van der Waals surface area contributed by atoms with E-state index in [1.807, 2.05) is 0 Å². The van der Waals surface area contributed by atoms with E-state index in [1.165, 1.54) is 20.8 Å². The Kier molecular flexibility index (Phi) is 4.35. The highest BCUT2D eigenvalue weighted by Crippen LogP contribution is 2.41. The van der Waals surface area contributed by atoms with Crippen LogP contribution >= 0.6 is 34.8 Å². The molecular weight excluding hydrogens is 258 g/mol. The maximum atomic E-state index is 11.1. The van der Waals surface area contributed by atoms with Gasteiger partial charge in [0.25, 0.3) is 10.1 Å². The fourth-order valence-corrected chi connectivity index (χ4v) is 1.55. The predicted molar refractivity (Wildman–Crippen MR) is 54.9 cm³/mol. The Morgan fingerprint density at radius 2 is 1.62 bits per heavy atom. The van der Waals surface area contributed by atoms with E-state index in [2.05, 4.69) is 0 Å². The lowest BCUT2D eigenvalue weighted by Gasteiger charge is -2.30. The highest BCUT2D eigenvalue weighted by Gasteiger charge is 2.44. The summed E-state index contributed by atoms with van der Waals surface area (Å²) in [5.74, 6) is -0.156. The average molecular weight is 270 g/mol. The van der Waals surface area contributed by atoms with Crippen LogP contribution in [0.4, 0.5) is 0 Å². The molecule has 7 heteroatoms. The average Bonchev–Trinajstić information content (AvgIpc) is 1.83. The number of hydrogen-bond donors (Lipinski definition) is 0. The molecule has 0 aromatic heterocycles. The molecule has 0 fully saturated rings. The highest BCUT2D eigenvalue weighted by atomic mass is 35.6. The summed E-state index contributed by atoms with van der Waals surface area (Å²) in [6.45, 7) is 4.24. The van der Waals surface area contributed by atoms with Crippen LogP contribution < -0.4 is 0 Å². The molecule has 0 atom stereocenters. The van der Waals surface area contributed by atoms with E-state index in [4.69, 9.17) is 39.0 Å². The fourth-order valence-electron chi connectivity index (χ4n) is 0.424. The van der Waals surface area contributed by atoms with Crippen LogP contribution in [0, 0.1) is 0 Å². The van der Waals surface area contributed by atoms with Crippen molar-refractivity contribution in [2.75, 3.05) is 5.75 Å². The van der Waals surface area contributed by atoms with Gasteiger partial charge in [-0.25, -0.2) is 0 Å². The smallest absolute Gasteiger partial charge is 0.259 e. The van der Waals surface area contributed by atoms with Crippen molar-refractivity contribution < 1.29 is 12.6 Å². The Morgan fingerprint density at radius 3 is 1.85 bits per heavy atom. The molecule has 0 radical (unpaired) electrons. The van der Waals surface area contributed by atoms with E-state index in [0.29, 0.717) is 0 Å². The quantitative estimate of drug-likeness (QED) is 0.584. The van der Waals surface area contributed by atoms with E-state index in [1.54, 1.807) is 0 Å². The Balaban J connectivity index is 4.72. The Hall–Kier alpha value is 0.780. The van der Waals surface area contributed by atoms with Crippen LogP contribution in [0.25, 0.3) is 0 Å². The Morgan fingerprint density at radius 1 is 1.23 bits per heavy atom.